The van der Waals surface area contributed by atoms with Gasteiger partial charge in [-0.25, -0.2) is 12.8 Å². The zero-order valence-corrected chi connectivity index (χ0v) is 23.0. The molecule has 1 saturated heterocycles. The summed E-state index contributed by atoms with van der Waals surface area (Å²) in [6.07, 6.45) is 0. The van der Waals surface area contributed by atoms with Gasteiger partial charge in [0.1, 0.15) is 11.6 Å². The summed E-state index contributed by atoms with van der Waals surface area (Å²) in [6, 6.07) is 18.6. The van der Waals surface area contributed by atoms with E-state index in [9.17, 15) is 17.6 Å². The van der Waals surface area contributed by atoms with E-state index in [0.29, 0.717) is 48.2 Å². The summed E-state index contributed by atoms with van der Waals surface area (Å²) in [5.41, 5.74) is 1.78. The summed E-state index contributed by atoms with van der Waals surface area (Å²) in [5, 5.41) is 0.800. The highest BCUT2D eigenvalue weighted by molar-refractivity contribution is 7.92. The molecule has 7 nitrogen and oxygen atoms in total. The first-order chi connectivity index (χ1) is 18.2. The molecular formula is C28H28FN3O4S2. The van der Waals surface area contributed by atoms with Crippen LogP contribution in [0.25, 0.3) is 10.1 Å². The molecule has 1 amide bonds. The Hall–Kier alpha value is -3.63. The minimum Gasteiger partial charge on any atom is -0.496 e. The van der Waals surface area contributed by atoms with Crippen molar-refractivity contribution in [2.75, 3.05) is 49.5 Å². The van der Waals surface area contributed by atoms with Crippen molar-refractivity contribution in [1.82, 2.24) is 4.90 Å². The third-order valence-electron chi connectivity index (χ3n) is 6.86. The van der Waals surface area contributed by atoms with E-state index in [-0.39, 0.29) is 16.6 Å². The van der Waals surface area contributed by atoms with E-state index in [1.165, 1.54) is 34.8 Å². The monoisotopic (exact) mass is 553 g/mol. The number of thiophene rings is 1. The van der Waals surface area contributed by atoms with Crippen LogP contribution < -0.4 is 13.9 Å². The highest BCUT2D eigenvalue weighted by Gasteiger charge is 2.26. The van der Waals surface area contributed by atoms with Gasteiger partial charge in [0, 0.05) is 37.9 Å². The Morgan fingerprint density at radius 1 is 1.00 bits per heavy atom. The fourth-order valence-electron chi connectivity index (χ4n) is 4.65. The lowest BCUT2D eigenvalue weighted by Crippen LogP contribution is -2.48. The van der Waals surface area contributed by atoms with Crippen LogP contribution >= 0.6 is 11.3 Å². The Bertz CT molecular complexity index is 1610. The van der Waals surface area contributed by atoms with Gasteiger partial charge in [0.05, 0.1) is 28.3 Å². The number of anilines is 2. The standard InChI is InChI=1S/C28H28FN3O4S2/c1-19-16-22(9-10-25(19)36-3)38(34,35)30(2)21-8-11-26-20(17-21)18-27(37-26)28(33)32-14-12-31(13-15-32)24-7-5-4-6-23(24)29/h4-11,16-18H,12-15H2,1-3H3. The third-order valence-corrected chi connectivity index (χ3v) is 9.74. The normalized spacial score (nSPS) is 14.1. The predicted molar refractivity (Wildman–Crippen MR) is 150 cm³/mol. The van der Waals surface area contributed by atoms with Crippen LogP contribution in [0, 0.1) is 12.7 Å². The molecule has 1 aliphatic rings. The summed E-state index contributed by atoms with van der Waals surface area (Å²) >= 11 is 1.38. The molecule has 0 radical (unpaired) electrons. The minimum atomic E-state index is -3.79. The van der Waals surface area contributed by atoms with Crippen molar-refractivity contribution in [3.8, 4) is 5.75 Å². The van der Waals surface area contributed by atoms with Gasteiger partial charge in [0.2, 0.25) is 0 Å². The molecule has 0 bridgehead atoms. The van der Waals surface area contributed by atoms with E-state index in [0.717, 1.165) is 15.6 Å². The van der Waals surface area contributed by atoms with Gasteiger partial charge >= 0.3 is 0 Å². The number of benzene rings is 3. The Morgan fingerprint density at radius 3 is 2.42 bits per heavy atom. The Balaban J connectivity index is 1.32. The molecule has 0 atom stereocenters. The molecule has 2 heterocycles. The van der Waals surface area contributed by atoms with E-state index in [2.05, 4.69) is 0 Å². The molecule has 0 saturated carbocycles. The van der Waals surface area contributed by atoms with Gasteiger partial charge in [0.25, 0.3) is 15.9 Å². The average molecular weight is 554 g/mol. The average Bonchev–Trinajstić information content (AvgIpc) is 3.36. The quantitative estimate of drug-likeness (QED) is 0.331. The molecule has 0 aliphatic carbocycles. The first-order valence-corrected chi connectivity index (χ1v) is 14.4. The molecule has 4 aromatic rings. The van der Waals surface area contributed by atoms with E-state index in [1.54, 1.807) is 55.3 Å². The molecule has 1 aliphatic heterocycles. The number of carbonyl (C=O) groups is 1. The molecular weight excluding hydrogens is 525 g/mol. The lowest BCUT2D eigenvalue weighted by atomic mass is 10.2. The summed E-state index contributed by atoms with van der Waals surface area (Å²) in [5.74, 6) is 0.287. The van der Waals surface area contributed by atoms with Crippen LogP contribution in [0.4, 0.5) is 15.8 Å². The van der Waals surface area contributed by atoms with Crippen LogP contribution in [-0.4, -0.2) is 59.6 Å². The summed E-state index contributed by atoms with van der Waals surface area (Å²) in [4.78, 5) is 17.8. The van der Waals surface area contributed by atoms with Gasteiger partial charge in [-0.15, -0.1) is 11.3 Å². The predicted octanol–water partition coefficient (Wildman–Crippen LogP) is 5.14. The first kappa shape index (κ1) is 26.0. The van der Waals surface area contributed by atoms with Gasteiger partial charge < -0.3 is 14.5 Å². The first-order valence-electron chi connectivity index (χ1n) is 12.1. The highest BCUT2D eigenvalue weighted by Crippen LogP contribution is 2.33. The van der Waals surface area contributed by atoms with Crippen LogP contribution in [0.2, 0.25) is 0 Å². The van der Waals surface area contributed by atoms with E-state index in [4.69, 9.17) is 4.74 Å². The Labute approximate surface area is 225 Å². The number of methoxy groups -OCH3 is 1. The van der Waals surface area contributed by atoms with Crippen LogP contribution in [0.1, 0.15) is 15.2 Å². The van der Waals surface area contributed by atoms with Crippen LogP contribution in [-0.2, 0) is 10.0 Å². The third kappa shape index (κ3) is 4.81. The van der Waals surface area contributed by atoms with Crippen molar-refractivity contribution in [3.63, 3.8) is 0 Å². The molecule has 1 aromatic heterocycles. The van der Waals surface area contributed by atoms with Crippen molar-refractivity contribution >= 4 is 48.7 Å². The second-order valence-electron chi connectivity index (χ2n) is 9.17. The van der Waals surface area contributed by atoms with Crippen molar-refractivity contribution in [3.05, 3.63) is 83.0 Å². The second kappa shape index (κ2) is 10.3. The van der Waals surface area contributed by atoms with Crippen molar-refractivity contribution in [1.29, 1.82) is 0 Å². The van der Waals surface area contributed by atoms with Crippen LogP contribution in [0.15, 0.2) is 71.6 Å². The number of ether oxygens (including phenoxy) is 1. The molecule has 1 fully saturated rings. The van der Waals surface area contributed by atoms with Gasteiger partial charge in [-0.3, -0.25) is 9.10 Å². The molecule has 3 aromatic carbocycles. The number of halogens is 1. The summed E-state index contributed by atoms with van der Waals surface area (Å²) in [6.45, 7) is 3.89. The molecule has 0 unspecified atom stereocenters. The van der Waals surface area contributed by atoms with Crippen LogP contribution in [0.5, 0.6) is 5.75 Å². The number of aryl methyl sites for hydroxylation is 1. The smallest absolute Gasteiger partial charge is 0.264 e. The topological polar surface area (TPSA) is 70.2 Å². The summed E-state index contributed by atoms with van der Waals surface area (Å²) < 4.78 is 48.1. The van der Waals surface area contributed by atoms with E-state index in [1.807, 2.05) is 23.1 Å². The lowest BCUT2D eigenvalue weighted by Gasteiger charge is -2.36. The molecule has 0 spiro atoms. The number of nitrogens with zero attached hydrogens (tertiary/aromatic N) is 3. The number of hydrogen-bond acceptors (Lipinski definition) is 6. The van der Waals surface area contributed by atoms with E-state index >= 15 is 0 Å². The number of rotatable bonds is 6. The fraction of sp³-hybridized carbons (Fsp3) is 0.250. The number of sulfonamides is 1. The largest absolute Gasteiger partial charge is 0.496 e. The highest BCUT2D eigenvalue weighted by atomic mass is 32.2. The molecule has 0 N–H and O–H groups in total. The zero-order valence-electron chi connectivity index (χ0n) is 21.3. The number of fused-ring (bicyclic) bond motifs is 1. The Morgan fingerprint density at radius 2 is 1.74 bits per heavy atom. The number of piperazine rings is 1. The maximum Gasteiger partial charge on any atom is 0.264 e. The van der Waals surface area contributed by atoms with Crippen molar-refractivity contribution in [2.45, 2.75) is 11.8 Å². The zero-order chi connectivity index (χ0) is 27.0. The number of para-hydroxylation sites is 1. The van der Waals surface area contributed by atoms with E-state index < -0.39 is 10.0 Å². The minimum absolute atomic E-state index is 0.0735. The number of carbonyl (C=O) groups excluding carboxylic acids is 1. The Kier molecular flexibility index (Phi) is 7.02. The van der Waals surface area contributed by atoms with Crippen molar-refractivity contribution < 1.29 is 22.3 Å². The second-order valence-corrected chi connectivity index (χ2v) is 12.2. The van der Waals surface area contributed by atoms with Gasteiger partial charge in [-0.2, -0.15) is 0 Å². The van der Waals surface area contributed by atoms with Gasteiger partial charge in [-0.05, 0) is 72.5 Å². The van der Waals surface area contributed by atoms with Gasteiger partial charge in [0.15, 0.2) is 0 Å². The molecule has 10 heteroatoms. The number of amides is 1. The fourth-order valence-corrected chi connectivity index (χ4v) is 6.94. The molecule has 198 valence electrons. The lowest BCUT2D eigenvalue weighted by molar-refractivity contribution is 0.0751. The molecule has 5 rings (SSSR count). The number of hydrogen-bond donors (Lipinski definition) is 0. The maximum atomic E-state index is 14.2. The van der Waals surface area contributed by atoms with Crippen molar-refractivity contribution in [2.24, 2.45) is 0 Å². The van der Waals surface area contributed by atoms with Crippen LogP contribution in [0.3, 0.4) is 0 Å². The SMILES string of the molecule is COc1ccc(S(=O)(=O)N(C)c2ccc3sc(C(=O)N4CCN(c5ccccc5F)CC4)cc3c2)cc1C. The van der Waals surface area contributed by atoms with Gasteiger partial charge in [-0.1, -0.05) is 12.1 Å². The maximum absolute atomic E-state index is 14.2. The molecule has 38 heavy (non-hydrogen) atoms. The summed E-state index contributed by atoms with van der Waals surface area (Å²) in [7, 11) is -0.729.